The molecule has 0 fully saturated rings. The Kier molecular flexibility index (Phi) is 6.60. The Morgan fingerprint density at radius 3 is 1.75 bits per heavy atom. The molecule has 0 bridgehead atoms. The maximum absolute atomic E-state index is 9.69. The van der Waals surface area contributed by atoms with Gasteiger partial charge < -0.3 is 9.32 Å². The van der Waals surface area contributed by atoms with Crippen molar-refractivity contribution in [1.82, 2.24) is 0 Å². The fourth-order valence-corrected chi connectivity index (χ4v) is 8.20. The lowest BCUT2D eigenvalue weighted by Crippen LogP contribution is -2.11. The highest BCUT2D eigenvalue weighted by Crippen LogP contribution is 2.45. The number of hydrogen-bond acceptors (Lipinski definition) is 2. The number of anilines is 3. The van der Waals surface area contributed by atoms with E-state index in [1.54, 1.807) is 0 Å². The molecule has 0 spiro atoms. The molecule has 0 aliphatic carbocycles. The lowest BCUT2D eigenvalue weighted by Gasteiger charge is -2.28. The molecule has 262 valence electrons. The Morgan fingerprint density at radius 1 is 0.339 bits per heavy atom. The molecule has 11 aromatic rings. The maximum atomic E-state index is 9.69. The second-order valence-corrected chi connectivity index (χ2v) is 14.2. The molecule has 2 nitrogen and oxygen atoms in total. The average Bonchev–Trinajstić information content (AvgIpc) is 3.69. The molecular weight excluding hydrogens is 679 g/mol. The van der Waals surface area contributed by atoms with Gasteiger partial charge in [-0.15, -0.1) is 0 Å². The van der Waals surface area contributed by atoms with E-state index in [9.17, 15) is 5.48 Å². The summed E-state index contributed by atoms with van der Waals surface area (Å²) in [7, 11) is 0. The van der Waals surface area contributed by atoms with Crippen LogP contribution in [0, 0.1) is 0 Å². The van der Waals surface area contributed by atoms with Crippen LogP contribution in [0.2, 0.25) is 0 Å². The summed E-state index contributed by atoms with van der Waals surface area (Å²) in [4.78, 5) is 1.88. The fraction of sp³-hybridized carbons (Fsp3) is 0. The molecule has 1 aromatic heterocycles. The van der Waals surface area contributed by atoms with Crippen LogP contribution in [-0.4, -0.2) is 0 Å². The molecule has 0 radical (unpaired) electrons. The molecule has 2 heteroatoms. The standard InChI is InChI=1S/C54H35NO/c1-2-14-41-35-42(24-23-36(41)11-1)37-25-30-43(31-26-37)55(44-32-27-40(28-33-44)46-19-9-15-38-12-3-5-16-45(38)46)52-22-8-7-18-48(52)49-20-10-21-50-51-34-29-39-13-4-6-17-47(39)53(51)56-54(49)50/h1-35H/i25D,26D,30D,31D. The molecule has 0 saturated carbocycles. The number of hydrogen-bond donors (Lipinski definition) is 0. The van der Waals surface area contributed by atoms with Gasteiger partial charge in [0.15, 0.2) is 0 Å². The Bertz CT molecular complexity index is 3460. The van der Waals surface area contributed by atoms with E-state index in [1.165, 1.54) is 0 Å². The summed E-state index contributed by atoms with van der Waals surface area (Å²) in [6.07, 6.45) is 0. The number of fused-ring (bicyclic) bond motifs is 7. The van der Waals surface area contributed by atoms with E-state index in [4.69, 9.17) is 4.42 Å². The van der Waals surface area contributed by atoms with Crippen LogP contribution in [0.4, 0.5) is 17.1 Å². The van der Waals surface area contributed by atoms with Crippen LogP contribution in [0.15, 0.2) is 217 Å². The van der Waals surface area contributed by atoms with Gasteiger partial charge in [0.1, 0.15) is 11.2 Å². The lowest BCUT2D eigenvalue weighted by atomic mass is 9.97. The normalized spacial score (nSPS) is 12.6. The van der Waals surface area contributed by atoms with Gasteiger partial charge in [-0.3, -0.25) is 0 Å². The van der Waals surface area contributed by atoms with E-state index >= 15 is 0 Å². The summed E-state index contributed by atoms with van der Waals surface area (Å²) < 4.78 is 45.2. The highest BCUT2D eigenvalue weighted by atomic mass is 16.3. The van der Waals surface area contributed by atoms with Crippen LogP contribution >= 0.6 is 0 Å². The summed E-state index contributed by atoms with van der Waals surface area (Å²) in [5.74, 6) is 0. The molecule has 56 heavy (non-hydrogen) atoms. The molecule has 10 aromatic carbocycles. The molecule has 1 heterocycles. The molecule has 0 unspecified atom stereocenters. The second kappa shape index (κ2) is 13.2. The van der Waals surface area contributed by atoms with E-state index in [0.717, 1.165) is 76.5 Å². The molecule has 11 rings (SSSR count). The first-order chi connectivity index (χ1) is 29.4. The quantitative estimate of drug-likeness (QED) is 0.170. The SMILES string of the molecule is [2H]c1c([2H])c(N(c2ccc(-c3cccc4ccccc34)cc2)c2ccccc2-c2cccc3c2oc2c4ccccc4ccc32)c([2H])c([2H])c1-c1ccc2ccccc2c1. The van der Waals surface area contributed by atoms with Crippen LogP contribution < -0.4 is 4.90 Å². The molecule has 0 saturated heterocycles. The van der Waals surface area contributed by atoms with Crippen molar-refractivity contribution in [3.63, 3.8) is 0 Å². The molecule has 0 amide bonds. The number of nitrogens with zero attached hydrogens (tertiary/aromatic N) is 1. The van der Waals surface area contributed by atoms with E-state index < -0.39 is 0 Å². The van der Waals surface area contributed by atoms with Crippen LogP contribution in [-0.2, 0) is 0 Å². The van der Waals surface area contributed by atoms with Gasteiger partial charge in [0.25, 0.3) is 0 Å². The molecule has 0 aliphatic heterocycles. The third kappa shape index (κ3) is 5.34. The summed E-state index contributed by atoms with van der Waals surface area (Å²) in [5, 5.41) is 8.43. The minimum Gasteiger partial charge on any atom is -0.455 e. The molecule has 0 atom stereocenters. The number of para-hydroxylation sites is 2. The number of benzene rings is 10. The lowest BCUT2D eigenvalue weighted by molar-refractivity contribution is 0.674. The number of furan rings is 1. The van der Waals surface area contributed by atoms with Crippen molar-refractivity contribution in [3.05, 3.63) is 212 Å². The van der Waals surface area contributed by atoms with Gasteiger partial charge in [0.2, 0.25) is 0 Å². The highest BCUT2D eigenvalue weighted by Gasteiger charge is 2.21. The zero-order valence-corrected chi connectivity index (χ0v) is 30.3. The predicted molar refractivity (Wildman–Crippen MR) is 237 cm³/mol. The minimum absolute atomic E-state index is 0.109. The van der Waals surface area contributed by atoms with Crippen molar-refractivity contribution in [3.8, 4) is 33.4 Å². The van der Waals surface area contributed by atoms with Crippen molar-refractivity contribution in [1.29, 1.82) is 0 Å². The van der Waals surface area contributed by atoms with Gasteiger partial charge in [-0.05, 0) is 91.6 Å². The largest absolute Gasteiger partial charge is 0.455 e. The Hall–Kier alpha value is -7.42. The van der Waals surface area contributed by atoms with Gasteiger partial charge in [-0.25, -0.2) is 0 Å². The van der Waals surface area contributed by atoms with Gasteiger partial charge in [-0.2, -0.15) is 0 Å². The van der Waals surface area contributed by atoms with Crippen molar-refractivity contribution < 1.29 is 9.90 Å². The van der Waals surface area contributed by atoms with Crippen LogP contribution in [0.5, 0.6) is 0 Å². The van der Waals surface area contributed by atoms with Crippen molar-refractivity contribution in [2.24, 2.45) is 0 Å². The van der Waals surface area contributed by atoms with Gasteiger partial charge in [0.05, 0.1) is 11.2 Å². The van der Waals surface area contributed by atoms with E-state index in [1.807, 2.05) is 120 Å². The first-order valence-electron chi connectivity index (χ1n) is 20.8. The highest BCUT2D eigenvalue weighted by molar-refractivity contribution is 6.17. The van der Waals surface area contributed by atoms with Crippen molar-refractivity contribution in [2.75, 3.05) is 4.90 Å². The van der Waals surface area contributed by atoms with Crippen molar-refractivity contribution in [2.45, 2.75) is 0 Å². The zero-order chi connectivity index (χ0) is 40.5. The smallest absolute Gasteiger partial charge is 0.143 e. The summed E-state index contributed by atoms with van der Waals surface area (Å²) in [6.45, 7) is 0. The monoisotopic (exact) mass is 717 g/mol. The second-order valence-electron chi connectivity index (χ2n) is 14.2. The Morgan fingerprint density at radius 2 is 0.911 bits per heavy atom. The molecule has 0 N–H and O–H groups in total. The zero-order valence-electron chi connectivity index (χ0n) is 34.3. The van der Waals surface area contributed by atoms with E-state index in [0.29, 0.717) is 16.9 Å². The Balaban J connectivity index is 1.14. The summed E-state index contributed by atoms with van der Waals surface area (Å²) in [5.41, 5.74) is 7.76. The maximum Gasteiger partial charge on any atom is 0.143 e. The third-order valence-electron chi connectivity index (χ3n) is 10.9. The fourth-order valence-electron chi connectivity index (χ4n) is 8.20. The predicted octanol–water partition coefficient (Wildman–Crippen LogP) is 15.5. The van der Waals surface area contributed by atoms with Crippen LogP contribution in [0.3, 0.4) is 0 Å². The van der Waals surface area contributed by atoms with Crippen molar-refractivity contribution >= 4 is 71.3 Å². The van der Waals surface area contributed by atoms with Gasteiger partial charge in [0, 0.05) is 38.7 Å². The Labute approximate surface area is 330 Å². The average molecular weight is 718 g/mol. The van der Waals surface area contributed by atoms with E-state index in [2.05, 4.69) is 72.8 Å². The molecular formula is C54H35NO. The topological polar surface area (TPSA) is 16.4 Å². The third-order valence-corrected chi connectivity index (χ3v) is 10.9. The van der Waals surface area contributed by atoms with Gasteiger partial charge >= 0.3 is 0 Å². The van der Waals surface area contributed by atoms with Crippen LogP contribution in [0.25, 0.3) is 87.6 Å². The number of rotatable bonds is 6. The van der Waals surface area contributed by atoms with E-state index in [-0.39, 0.29) is 35.4 Å². The van der Waals surface area contributed by atoms with Crippen LogP contribution in [0.1, 0.15) is 5.48 Å². The summed E-state index contributed by atoms with van der Waals surface area (Å²) >= 11 is 0. The minimum atomic E-state index is -0.138. The van der Waals surface area contributed by atoms with Gasteiger partial charge in [-0.1, -0.05) is 170 Å². The first kappa shape index (κ1) is 28.1. The first-order valence-corrected chi connectivity index (χ1v) is 18.8. The molecule has 0 aliphatic rings. The summed E-state index contributed by atoms with van der Waals surface area (Å²) in [6, 6.07) is 62.6.